The number of hydrogen-bond acceptors (Lipinski definition) is 2. The van der Waals surface area contributed by atoms with Crippen molar-refractivity contribution in [2.24, 2.45) is 0 Å². The highest BCUT2D eigenvalue weighted by molar-refractivity contribution is 6.32. The lowest BCUT2D eigenvalue weighted by molar-refractivity contribution is 0.912. The van der Waals surface area contributed by atoms with Gasteiger partial charge in [0, 0.05) is 12.3 Å². The molecule has 2 aromatic carbocycles. The van der Waals surface area contributed by atoms with Crippen molar-refractivity contribution in [1.82, 2.24) is 9.55 Å². The summed E-state index contributed by atoms with van der Waals surface area (Å²) in [5, 5.41) is 9.67. The number of imidazole rings is 1. The maximum atomic E-state index is 9.10. The molecule has 0 aliphatic heterocycles. The van der Waals surface area contributed by atoms with Gasteiger partial charge < -0.3 is 0 Å². The van der Waals surface area contributed by atoms with Crippen LogP contribution in [-0.4, -0.2) is 15.4 Å². The van der Waals surface area contributed by atoms with Gasteiger partial charge in [-0.3, -0.25) is 4.57 Å². The molecule has 0 atom stereocenters. The smallest absolute Gasteiger partial charge is 0.115 e. The van der Waals surface area contributed by atoms with Crippen molar-refractivity contribution < 1.29 is 0 Å². The highest BCUT2D eigenvalue weighted by atomic mass is 35.5. The Bertz CT molecular complexity index is 846. The first-order chi connectivity index (χ1) is 10.2. The Morgan fingerprint density at radius 1 is 1.19 bits per heavy atom. The summed E-state index contributed by atoms with van der Waals surface area (Å²) >= 11 is 12.2. The van der Waals surface area contributed by atoms with Gasteiger partial charge in [0.15, 0.2) is 0 Å². The third-order valence-electron chi connectivity index (χ3n) is 3.26. The second kappa shape index (κ2) is 5.77. The third-order valence-corrected chi connectivity index (χ3v) is 3.77. The zero-order valence-electron chi connectivity index (χ0n) is 11.1. The van der Waals surface area contributed by atoms with E-state index in [1.807, 2.05) is 28.8 Å². The van der Waals surface area contributed by atoms with Gasteiger partial charge in [0.05, 0.1) is 33.4 Å². The molecule has 0 saturated carbocycles. The Balaban J connectivity index is 2.33. The van der Waals surface area contributed by atoms with E-state index in [1.165, 1.54) is 0 Å². The fourth-order valence-electron chi connectivity index (χ4n) is 2.35. The van der Waals surface area contributed by atoms with E-state index < -0.39 is 0 Å². The fraction of sp³-hybridized carbons (Fsp3) is 0.125. The van der Waals surface area contributed by atoms with Crippen LogP contribution in [0.3, 0.4) is 0 Å². The van der Waals surface area contributed by atoms with E-state index in [2.05, 4.69) is 11.1 Å². The van der Waals surface area contributed by atoms with Crippen LogP contribution in [0, 0.1) is 11.3 Å². The van der Waals surface area contributed by atoms with Gasteiger partial charge in [-0.25, -0.2) is 4.98 Å². The second-order valence-electron chi connectivity index (χ2n) is 4.57. The summed E-state index contributed by atoms with van der Waals surface area (Å²) < 4.78 is 1.97. The Morgan fingerprint density at radius 2 is 2.00 bits per heavy atom. The summed E-state index contributed by atoms with van der Waals surface area (Å²) in [6.07, 6.45) is 0.628. The van der Waals surface area contributed by atoms with E-state index in [0.717, 1.165) is 22.5 Å². The number of nitriles is 1. The van der Waals surface area contributed by atoms with Crippen LogP contribution < -0.4 is 0 Å². The maximum Gasteiger partial charge on any atom is 0.115 e. The number of fused-ring (bicyclic) bond motifs is 1. The van der Waals surface area contributed by atoms with E-state index in [9.17, 15) is 0 Å². The standard InChI is InChI=1S/C16H11Cl2N3/c17-8-7-16-20-13-3-1-2-4-14(13)21(16)15-9-11(10-19)5-6-12(15)18/h1-6,9H,7-8H2. The minimum atomic E-state index is 0.471. The van der Waals surface area contributed by atoms with Crippen LogP contribution in [0.1, 0.15) is 11.4 Å². The van der Waals surface area contributed by atoms with Gasteiger partial charge >= 0.3 is 0 Å². The van der Waals surface area contributed by atoms with Gasteiger partial charge in [0.25, 0.3) is 0 Å². The monoisotopic (exact) mass is 315 g/mol. The van der Waals surface area contributed by atoms with Gasteiger partial charge in [-0.15, -0.1) is 11.6 Å². The maximum absolute atomic E-state index is 9.10. The number of aromatic nitrogens is 2. The Labute approximate surface area is 132 Å². The summed E-state index contributed by atoms with van der Waals surface area (Å²) in [4.78, 5) is 4.61. The first-order valence-electron chi connectivity index (χ1n) is 6.47. The number of alkyl halides is 1. The van der Waals surface area contributed by atoms with Crippen molar-refractivity contribution >= 4 is 34.2 Å². The summed E-state index contributed by atoms with van der Waals surface area (Å²) in [6.45, 7) is 0. The molecule has 3 nitrogen and oxygen atoms in total. The SMILES string of the molecule is N#Cc1ccc(Cl)c(-n2c(CCCl)nc3ccccc32)c1. The van der Waals surface area contributed by atoms with Crippen molar-refractivity contribution in [2.45, 2.75) is 6.42 Å². The van der Waals surface area contributed by atoms with Crippen LogP contribution in [0.4, 0.5) is 0 Å². The van der Waals surface area contributed by atoms with Gasteiger partial charge in [-0.1, -0.05) is 23.7 Å². The Kier molecular flexibility index (Phi) is 3.83. The Morgan fingerprint density at radius 3 is 2.76 bits per heavy atom. The van der Waals surface area contributed by atoms with Crippen molar-refractivity contribution in [3.8, 4) is 11.8 Å². The minimum Gasteiger partial charge on any atom is -0.295 e. The summed E-state index contributed by atoms with van der Waals surface area (Å²) in [5.74, 6) is 1.31. The van der Waals surface area contributed by atoms with Crippen LogP contribution in [0.15, 0.2) is 42.5 Å². The molecule has 0 saturated heterocycles. The molecule has 1 heterocycles. The number of hydrogen-bond donors (Lipinski definition) is 0. The first kappa shape index (κ1) is 13.9. The Hall–Kier alpha value is -2.02. The van der Waals surface area contributed by atoms with E-state index >= 15 is 0 Å². The lowest BCUT2D eigenvalue weighted by Gasteiger charge is -2.11. The van der Waals surface area contributed by atoms with Gasteiger partial charge in [0.2, 0.25) is 0 Å². The highest BCUT2D eigenvalue weighted by Crippen LogP contribution is 2.28. The molecular formula is C16H11Cl2N3. The van der Waals surface area contributed by atoms with Gasteiger partial charge in [-0.2, -0.15) is 5.26 Å². The van der Waals surface area contributed by atoms with Crippen LogP contribution in [0.5, 0.6) is 0 Å². The van der Waals surface area contributed by atoms with E-state index in [4.69, 9.17) is 28.5 Å². The summed E-state index contributed by atoms with van der Waals surface area (Å²) in [6, 6.07) is 15.2. The molecule has 0 radical (unpaired) electrons. The number of nitrogens with zero attached hydrogens (tertiary/aromatic N) is 3. The number of aryl methyl sites for hydroxylation is 1. The molecule has 3 aromatic rings. The van der Waals surface area contributed by atoms with Gasteiger partial charge in [-0.05, 0) is 30.3 Å². The van der Waals surface area contributed by atoms with Crippen molar-refractivity contribution in [3.05, 3.63) is 58.9 Å². The van der Waals surface area contributed by atoms with Crippen LogP contribution in [-0.2, 0) is 6.42 Å². The molecule has 1 aromatic heterocycles. The van der Waals surface area contributed by atoms with Crippen LogP contribution >= 0.6 is 23.2 Å². The lowest BCUT2D eigenvalue weighted by Crippen LogP contribution is -2.03. The average molecular weight is 316 g/mol. The number of benzene rings is 2. The van der Waals surface area contributed by atoms with E-state index in [1.54, 1.807) is 18.2 Å². The molecule has 0 bridgehead atoms. The largest absolute Gasteiger partial charge is 0.295 e. The molecule has 0 fully saturated rings. The highest BCUT2D eigenvalue weighted by Gasteiger charge is 2.14. The quantitative estimate of drug-likeness (QED) is 0.675. The molecule has 21 heavy (non-hydrogen) atoms. The minimum absolute atomic E-state index is 0.471. The average Bonchev–Trinajstić information content (AvgIpc) is 2.86. The normalized spacial score (nSPS) is 10.7. The molecule has 0 N–H and O–H groups in total. The third kappa shape index (κ3) is 2.49. The molecule has 0 unspecified atom stereocenters. The fourth-order valence-corrected chi connectivity index (χ4v) is 2.72. The van der Waals surface area contributed by atoms with Gasteiger partial charge in [0.1, 0.15) is 5.82 Å². The molecule has 5 heteroatoms. The predicted octanol–water partition coefficient (Wildman–Crippen LogP) is 4.33. The van der Waals surface area contributed by atoms with E-state index in [0.29, 0.717) is 22.9 Å². The number of rotatable bonds is 3. The second-order valence-corrected chi connectivity index (χ2v) is 5.35. The zero-order valence-corrected chi connectivity index (χ0v) is 12.6. The van der Waals surface area contributed by atoms with Crippen LogP contribution in [0.25, 0.3) is 16.7 Å². The summed E-state index contributed by atoms with van der Waals surface area (Å²) in [7, 11) is 0. The predicted molar refractivity (Wildman–Crippen MR) is 85.2 cm³/mol. The lowest BCUT2D eigenvalue weighted by atomic mass is 10.2. The molecular weight excluding hydrogens is 305 g/mol. The number of para-hydroxylation sites is 2. The van der Waals surface area contributed by atoms with Crippen LogP contribution in [0.2, 0.25) is 5.02 Å². The van der Waals surface area contributed by atoms with E-state index in [-0.39, 0.29) is 0 Å². The molecule has 0 amide bonds. The molecule has 104 valence electrons. The first-order valence-corrected chi connectivity index (χ1v) is 7.38. The summed E-state index contributed by atoms with van der Waals surface area (Å²) in [5.41, 5.74) is 3.15. The molecule has 0 spiro atoms. The topological polar surface area (TPSA) is 41.6 Å². The van der Waals surface area contributed by atoms with Crippen molar-refractivity contribution in [1.29, 1.82) is 5.26 Å². The number of halogens is 2. The molecule has 0 aliphatic rings. The van der Waals surface area contributed by atoms with Crippen molar-refractivity contribution in [3.63, 3.8) is 0 Å². The zero-order chi connectivity index (χ0) is 14.8. The van der Waals surface area contributed by atoms with Crippen molar-refractivity contribution in [2.75, 3.05) is 5.88 Å². The molecule has 0 aliphatic carbocycles. The molecule has 3 rings (SSSR count).